The van der Waals surface area contributed by atoms with Crippen LogP contribution in [-0.4, -0.2) is 6.29 Å². The van der Waals surface area contributed by atoms with Crippen LogP contribution in [0.25, 0.3) is 0 Å². The zero-order chi connectivity index (χ0) is 26.9. The summed E-state index contributed by atoms with van der Waals surface area (Å²) in [7, 11) is 0. The molecule has 198 valence electrons. The Kier molecular flexibility index (Phi) is 10.1. The molecule has 0 aliphatic rings. The number of unbranched alkanes of at least 4 members (excludes halogenated alkanes) is 4. The lowest BCUT2D eigenvalue weighted by atomic mass is 9.80. The molecule has 0 radical (unpaired) electrons. The number of carbonyl (C=O) groups is 1. The maximum absolute atomic E-state index is 11.3. The molecule has 0 aliphatic carbocycles. The molecule has 0 aliphatic heterocycles. The van der Waals surface area contributed by atoms with Crippen LogP contribution >= 0.6 is 0 Å². The largest absolute Gasteiger partial charge is 0.311 e. The van der Waals surface area contributed by atoms with Gasteiger partial charge in [-0.1, -0.05) is 104 Å². The highest BCUT2D eigenvalue weighted by Gasteiger charge is 2.22. The van der Waals surface area contributed by atoms with Crippen molar-refractivity contribution < 1.29 is 4.79 Å². The van der Waals surface area contributed by atoms with Gasteiger partial charge in [-0.2, -0.15) is 0 Å². The minimum Gasteiger partial charge on any atom is -0.311 e. The number of anilines is 3. The molecule has 0 fully saturated rings. The van der Waals surface area contributed by atoms with Crippen molar-refractivity contribution in [1.29, 1.82) is 0 Å². The number of aldehydes is 1. The first-order valence-electron chi connectivity index (χ1n) is 14.3. The fourth-order valence-corrected chi connectivity index (χ4v) is 5.20. The highest BCUT2D eigenvalue weighted by atomic mass is 16.1. The molecule has 0 saturated carbocycles. The Balaban J connectivity index is 1.93. The Bertz CT molecular complexity index is 1030. The Morgan fingerprint density at radius 2 is 0.919 bits per heavy atom. The zero-order valence-corrected chi connectivity index (χ0v) is 24.0. The van der Waals surface area contributed by atoms with Gasteiger partial charge >= 0.3 is 0 Å². The third-order valence-electron chi connectivity index (χ3n) is 7.91. The molecular weight excluding hydrogens is 450 g/mol. The molecule has 3 rings (SSSR count). The smallest absolute Gasteiger partial charge is 0.150 e. The summed E-state index contributed by atoms with van der Waals surface area (Å²) < 4.78 is 0. The third-order valence-corrected chi connectivity index (χ3v) is 7.91. The average Bonchev–Trinajstić information content (AvgIpc) is 2.90. The van der Waals surface area contributed by atoms with Crippen LogP contribution in [0, 0.1) is 0 Å². The molecule has 0 N–H and O–H groups in total. The van der Waals surface area contributed by atoms with Gasteiger partial charge in [-0.15, -0.1) is 0 Å². The van der Waals surface area contributed by atoms with E-state index in [1.54, 1.807) is 0 Å². The lowest BCUT2D eigenvalue weighted by molar-refractivity contribution is 0.112. The molecule has 3 aromatic carbocycles. The van der Waals surface area contributed by atoms with Gasteiger partial charge < -0.3 is 4.90 Å². The summed E-state index contributed by atoms with van der Waals surface area (Å²) in [5.74, 6) is 0. The topological polar surface area (TPSA) is 20.3 Å². The maximum atomic E-state index is 11.3. The second-order valence-corrected chi connectivity index (χ2v) is 11.8. The molecule has 0 spiro atoms. The minimum atomic E-state index is 0.162. The maximum Gasteiger partial charge on any atom is 0.150 e. The van der Waals surface area contributed by atoms with Crippen LogP contribution in [0.3, 0.4) is 0 Å². The van der Waals surface area contributed by atoms with Crippen molar-refractivity contribution >= 4 is 23.3 Å². The van der Waals surface area contributed by atoms with Crippen molar-refractivity contribution in [3.05, 3.63) is 89.5 Å². The number of benzene rings is 3. The van der Waals surface area contributed by atoms with Crippen LogP contribution in [0.4, 0.5) is 17.1 Å². The van der Waals surface area contributed by atoms with Crippen LogP contribution in [0.2, 0.25) is 0 Å². The fourth-order valence-electron chi connectivity index (χ4n) is 5.20. The van der Waals surface area contributed by atoms with E-state index >= 15 is 0 Å². The van der Waals surface area contributed by atoms with Crippen molar-refractivity contribution in [2.75, 3.05) is 4.90 Å². The average molecular weight is 498 g/mol. The predicted molar refractivity (Wildman–Crippen MR) is 161 cm³/mol. The van der Waals surface area contributed by atoms with E-state index in [2.05, 4.69) is 95.0 Å². The summed E-state index contributed by atoms with van der Waals surface area (Å²) in [6.45, 7) is 13.9. The van der Waals surface area contributed by atoms with Crippen LogP contribution in [0.5, 0.6) is 0 Å². The van der Waals surface area contributed by atoms with Gasteiger partial charge in [0.05, 0.1) is 0 Å². The number of nitrogens with zero attached hydrogens (tertiary/aromatic N) is 1. The van der Waals surface area contributed by atoms with Crippen molar-refractivity contribution in [1.82, 2.24) is 0 Å². The van der Waals surface area contributed by atoms with Crippen LogP contribution in [0.15, 0.2) is 72.8 Å². The summed E-state index contributed by atoms with van der Waals surface area (Å²) in [5.41, 5.74) is 7.08. The lowest BCUT2D eigenvalue weighted by Gasteiger charge is -2.30. The predicted octanol–water partition coefficient (Wildman–Crippen LogP) is 10.7. The molecule has 3 aromatic rings. The van der Waals surface area contributed by atoms with Gasteiger partial charge in [-0.25, -0.2) is 0 Å². The number of hydrogen-bond acceptors (Lipinski definition) is 2. The normalized spacial score (nSPS) is 11.9. The van der Waals surface area contributed by atoms with Crippen LogP contribution in [0.1, 0.15) is 114 Å². The van der Waals surface area contributed by atoms with E-state index in [0.29, 0.717) is 5.56 Å². The third kappa shape index (κ3) is 7.57. The number of rotatable bonds is 14. The van der Waals surface area contributed by atoms with Gasteiger partial charge in [0.25, 0.3) is 0 Å². The molecule has 0 aromatic heterocycles. The first kappa shape index (κ1) is 28.7. The quantitative estimate of drug-likeness (QED) is 0.163. The fraction of sp³-hybridized carbons (Fsp3) is 0.457. The molecule has 0 atom stereocenters. The van der Waals surface area contributed by atoms with Crippen molar-refractivity contribution in [3.8, 4) is 0 Å². The molecule has 0 bridgehead atoms. The summed E-state index contributed by atoms with van der Waals surface area (Å²) >= 11 is 0. The van der Waals surface area contributed by atoms with Gasteiger partial charge in [-0.05, 0) is 83.3 Å². The Hall–Kier alpha value is -2.87. The molecule has 0 saturated heterocycles. The highest BCUT2D eigenvalue weighted by molar-refractivity contribution is 5.80. The van der Waals surface area contributed by atoms with Gasteiger partial charge in [0.1, 0.15) is 6.29 Å². The van der Waals surface area contributed by atoms with E-state index in [1.807, 2.05) is 24.3 Å². The monoisotopic (exact) mass is 497 g/mol. The molecule has 2 nitrogen and oxygen atoms in total. The van der Waals surface area contributed by atoms with Crippen molar-refractivity contribution in [3.63, 3.8) is 0 Å². The molecule has 0 amide bonds. The second-order valence-electron chi connectivity index (χ2n) is 11.8. The minimum absolute atomic E-state index is 0.162. The highest BCUT2D eigenvalue weighted by Crippen LogP contribution is 2.38. The van der Waals surface area contributed by atoms with Gasteiger partial charge in [-0.3, -0.25) is 4.79 Å². The van der Waals surface area contributed by atoms with E-state index in [-0.39, 0.29) is 10.8 Å². The van der Waals surface area contributed by atoms with Gasteiger partial charge in [0, 0.05) is 22.6 Å². The van der Waals surface area contributed by atoms with Crippen LogP contribution < -0.4 is 4.90 Å². The summed E-state index contributed by atoms with van der Waals surface area (Å²) in [6.07, 6.45) is 10.9. The number of carbonyl (C=O) groups excluding carboxylic acids is 1. The first-order valence-corrected chi connectivity index (χ1v) is 14.3. The Morgan fingerprint density at radius 3 is 1.24 bits per heavy atom. The Morgan fingerprint density at radius 1 is 0.568 bits per heavy atom. The van der Waals surface area contributed by atoms with Gasteiger partial charge in [0.15, 0.2) is 0 Å². The zero-order valence-electron chi connectivity index (χ0n) is 24.0. The molecule has 2 heteroatoms. The van der Waals surface area contributed by atoms with Crippen LogP contribution in [-0.2, 0) is 10.8 Å². The standard InChI is InChI=1S/C35H47NO/c1-7-9-11-25-34(3,4)29-15-21-32(22-16-29)36(31-19-13-28(27-37)14-20-31)33-23-17-30(18-24-33)35(5,6)26-12-10-8-2/h13-24,27H,7-12,25-26H2,1-6H3. The molecule has 0 unspecified atom stereocenters. The van der Waals surface area contributed by atoms with Crippen molar-refractivity contribution in [2.45, 2.75) is 104 Å². The van der Waals surface area contributed by atoms with E-state index in [9.17, 15) is 4.79 Å². The SMILES string of the molecule is CCCCCC(C)(C)c1ccc(N(c2ccc(C=O)cc2)c2ccc(C(C)(C)CCCCC)cc2)cc1. The van der Waals surface area contributed by atoms with E-state index < -0.39 is 0 Å². The first-order chi connectivity index (χ1) is 17.7. The van der Waals surface area contributed by atoms with Crippen molar-refractivity contribution in [2.24, 2.45) is 0 Å². The molecule has 37 heavy (non-hydrogen) atoms. The number of hydrogen-bond donors (Lipinski definition) is 0. The van der Waals surface area contributed by atoms with Gasteiger partial charge in [0.2, 0.25) is 0 Å². The second kappa shape index (κ2) is 13.1. The summed E-state index contributed by atoms with van der Waals surface area (Å²) in [6, 6.07) is 26.0. The summed E-state index contributed by atoms with van der Waals surface area (Å²) in [5, 5.41) is 0. The van der Waals surface area contributed by atoms with E-state index in [0.717, 1.165) is 23.3 Å². The molecule has 0 heterocycles. The van der Waals surface area contributed by atoms with E-state index in [1.165, 1.54) is 62.5 Å². The van der Waals surface area contributed by atoms with E-state index in [4.69, 9.17) is 0 Å². The molecular formula is C35H47NO. The lowest BCUT2D eigenvalue weighted by Crippen LogP contribution is -2.18. The summed E-state index contributed by atoms with van der Waals surface area (Å²) in [4.78, 5) is 13.6. The Labute approximate surface area is 226 Å².